The smallest absolute Gasteiger partial charge is 0.293 e. The number of benzene rings is 1. The molecule has 0 spiro atoms. The van der Waals surface area contributed by atoms with Gasteiger partial charge in [-0.05, 0) is 24.6 Å². The summed E-state index contributed by atoms with van der Waals surface area (Å²) >= 11 is 3.03. The van der Waals surface area contributed by atoms with Crippen molar-refractivity contribution in [3.05, 3.63) is 33.8 Å². The first kappa shape index (κ1) is 14.7. The van der Waals surface area contributed by atoms with Crippen molar-refractivity contribution in [3.63, 3.8) is 0 Å². The molecule has 0 amide bonds. The largest absolute Gasteiger partial charge is 0.416 e. The fourth-order valence-corrected chi connectivity index (χ4v) is 1.86. The molecule has 0 aliphatic rings. The number of carbonyl (C=O) groups excluding carboxylic acids is 1. The van der Waals surface area contributed by atoms with Crippen LogP contribution >= 0.6 is 15.9 Å². The molecule has 0 saturated carbocycles. The van der Waals surface area contributed by atoms with E-state index in [9.17, 15) is 18.0 Å². The number of hydrogen-bond donors (Lipinski definition) is 0. The summed E-state index contributed by atoms with van der Waals surface area (Å²) in [5.41, 5.74) is -1.01. The predicted molar refractivity (Wildman–Crippen MR) is 62.9 cm³/mol. The third-order valence-electron chi connectivity index (χ3n) is 2.44. The molecule has 1 unspecified atom stereocenters. The zero-order valence-electron chi connectivity index (χ0n) is 9.38. The molecule has 1 rings (SSSR count). The topological polar surface area (TPSA) is 40.9 Å². The number of alkyl halides is 3. The van der Waals surface area contributed by atoms with E-state index in [1.54, 1.807) is 13.0 Å². The number of hydrogen-bond acceptors (Lipinski definition) is 2. The van der Waals surface area contributed by atoms with Crippen LogP contribution in [0.3, 0.4) is 0 Å². The molecule has 0 aromatic heterocycles. The number of nitrogens with zero attached hydrogens (tertiary/aromatic N) is 1. The molecule has 0 saturated heterocycles. The van der Waals surface area contributed by atoms with Crippen LogP contribution in [0.15, 0.2) is 22.7 Å². The van der Waals surface area contributed by atoms with E-state index in [0.717, 1.165) is 12.1 Å². The normalized spacial score (nSPS) is 12.9. The summed E-state index contributed by atoms with van der Waals surface area (Å²) in [4.78, 5) is 11.9. The van der Waals surface area contributed by atoms with Gasteiger partial charge in [0, 0.05) is 10.0 Å². The highest BCUT2D eigenvalue weighted by molar-refractivity contribution is 9.10. The van der Waals surface area contributed by atoms with Crippen molar-refractivity contribution in [2.24, 2.45) is 5.92 Å². The highest BCUT2D eigenvalue weighted by atomic mass is 79.9. The van der Waals surface area contributed by atoms with Crippen LogP contribution in [-0.4, -0.2) is 5.78 Å². The zero-order valence-corrected chi connectivity index (χ0v) is 11.0. The molecule has 0 radical (unpaired) electrons. The third kappa shape index (κ3) is 3.10. The van der Waals surface area contributed by atoms with Gasteiger partial charge in [-0.25, -0.2) is 0 Å². The number of carbonyl (C=O) groups is 1. The molecule has 1 aromatic rings. The van der Waals surface area contributed by atoms with Crippen LogP contribution in [0.4, 0.5) is 13.2 Å². The first-order valence-corrected chi connectivity index (χ1v) is 5.91. The number of ketones is 1. The van der Waals surface area contributed by atoms with Crippen LogP contribution in [0.1, 0.15) is 29.3 Å². The first-order chi connectivity index (χ1) is 8.31. The molecule has 1 atom stereocenters. The van der Waals surface area contributed by atoms with Gasteiger partial charge in [-0.1, -0.05) is 22.9 Å². The maximum atomic E-state index is 12.5. The maximum Gasteiger partial charge on any atom is 0.416 e. The quantitative estimate of drug-likeness (QED) is 0.783. The Bertz CT molecular complexity index is 505. The Morgan fingerprint density at radius 2 is 2.11 bits per heavy atom. The van der Waals surface area contributed by atoms with E-state index in [-0.39, 0.29) is 16.5 Å². The van der Waals surface area contributed by atoms with Gasteiger partial charge in [-0.15, -0.1) is 0 Å². The lowest BCUT2D eigenvalue weighted by Gasteiger charge is -2.11. The first-order valence-electron chi connectivity index (χ1n) is 5.11. The molecule has 0 bridgehead atoms. The van der Waals surface area contributed by atoms with Gasteiger partial charge in [0.2, 0.25) is 0 Å². The summed E-state index contributed by atoms with van der Waals surface area (Å²) < 4.78 is 37.9. The summed E-state index contributed by atoms with van der Waals surface area (Å²) in [5, 5.41) is 8.77. The SMILES string of the molecule is CCC(C#N)C(=O)c1cc(C(F)(F)F)ccc1Br. The Morgan fingerprint density at radius 1 is 1.50 bits per heavy atom. The van der Waals surface area contributed by atoms with Gasteiger partial charge in [0.1, 0.15) is 5.92 Å². The molecule has 18 heavy (non-hydrogen) atoms. The number of rotatable bonds is 3. The summed E-state index contributed by atoms with van der Waals surface area (Å²) in [6, 6.07) is 4.60. The van der Waals surface area contributed by atoms with Gasteiger partial charge < -0.3 is 0 Å². The molecule has 0 fully saturated rings. The van der Waals surface area contributed by atoms with Crippen molar-refractivity contribution in [2.45, 2.75) is 19.5 Å². The molecule has 0 aliphatic carbocycles. The number of Topliss-reactive ketones (excluding diaryl/α,β-unsaturated/α-hetero) is 1. The van der Waals surface area contributed by atoms with Gasteiger partial charge in [-0.3, -0.25) is 4.79 Å². The standard InChI is InChI=1S/C12H9BrF3NO/c1-2-7(6-17)11(18)9-5-8(12(14,15)16)3-4-10(9)13/h3-5,7H,2H2,1H3. The van der Waals surface area contributed by atoms with E-state index in [1.807, 2.05) is 0 Å². The lowest BCUT2D eigenvalue weighted by molar-refractivity contribution is -0.137. The average molecular weight is 320 g/mol. The highest BCUT2D eigenvalue weighted by Gasteiger charge is 2.32. The third-order valence-corrected chi connectivity index (χ3v) is 3.13. The monoisotopic (exact) mass is 319 g/mol. The van der Waals surface area contributed by atoms with E-state index in [0.29, 0.717) is 0 Å². The second kappa shape index (κ2) is 5.53. The number of halogens is 4. The summed E-state index contributed by atoms with van der Waals surface area (Å²) in [6.07, 6.45) is -4.25. The van der Waals surface area contributed by atoms with Crippen molar-refractivity contribution in [3.8, 4) is 6.07 Å². The van der Waals surface area contributed by atoms with Gasteiger partial charge >= 0.3 is 6.18 Å². The Morgan fingerprint density at radius 3 is 2.56 bits per heavy atom. The van der Waals surface area contributed by atoms with Crippen LogP contribution < -0.4 is 0 Å². The minimum atomic E-state index is -4.51. The van der Waals surface area contributed by atoms with E-state index >= 15 is 0 Å². The van der Waals surface area contributed by atoms with Crippen molar-refractivity contribution in [1.29, 1.82) is 5.26 Å². The van der Waals surface area contributed by atoms with E-state index in [1.165, 1.54) is 6.07 Å². The Labute approximate surface area is 111 Å². The van der Waals surface area contributed by atoms with Crippen LogP contribution in [0.2, 0.25) is 0 Å². The highest BCUT2D eigenvalue weighted by Crippen LogP contribution is 2.32. The van der Waals surface area contributed by atoms with E-state index in [2.05, 4.69) is 15.9 Å². The van der Waals surface area contributed by atoms with Gasteiger partial charge in [-0.2, -0.15) is 18.4 Å². The zero-order chi connectivity index (χ0) is 13.9. The fourth-order valence-electron chi connectivity index (χ4n) is 1.41. The van der Waals surface area contributed by atoms with Crippen LogP contribution in [-0.2, 0) is 6.18 Å². The van der Waals surface area contributed by atoms with Crippen molar-refractivity contribution < 1.29 is 18.0 Å². The van der Waals surface area contributed by atoms with E-state index < -0.39 is 23.4 Å². The van der Waals surface area contributed by atoms with Crippen LogP contribution in [0.25, 0.3) is 0 Å². The van der Waals surface area contributed by atoms with Crippen LogP contribution in [0.5, 0.6) is 0 Å². The summed E-state index contributed by atoms with van der Waals surface area (Å²) in [7, 11) is 0. The maximum absolute atomic E-state index is 12.5. The van der Waals surface area contributed by atoms with Gasteiger partial charge in [0.15, 0.2) is 5.78 Å². The van der Waals surface area contributed by atoms with Gasteiger partial charge in [0.05, 0.1) is 11.6 Å². The van der Waals surface area contributed by atoms with Crippen LogP contribution in [0, 0.1) is 17.2 Å². The summed E-state index contributed by atoms with van der Waals surface area (Å²) in [5.74, 6) is -1.53. The van der Waals surface area contributed by atoms with Gasteiger partial charge in [0.25, 0.3) is 0 Å². The Balaban J connectivity index is 3.25. The van der Waals surface area contributed by atoms with Crippen molar-refractivity contribution in [2.75, 3.05) is 0 Å². The predicted octanol–water partition coefficient (Wildman–Crippen LogP) is 4.20. The Kier molecular flexibility index (Phi) is 4.52. The molecule has 0 aliphatic heterocycles. The molecular formula is C12H9BrF3NO. The minimum Gasteiger partial charge on any atom is -0.293 e. The fraction of sp³-hybridized carbons (Fsp3) is 0.333. The molecule has 2 nitrogen and oxygen atoms in total. The van der Waals surface area contributed by atoms with Crippen molar-refractivity contribution in [1.82, 2.24) is 0 Å². The lowest BCUT2D eigenvalue weighted by Crippen LogP contribution is -2.14. The molecular weight excluding hydrogens is 311 g/mol. The minimum absolute atomic E-state index is 0.113. The molecule has 1 aromatic carbocycles. The van der Waals surface area contributed by atoms with Crippen molar-refractivity contribution >= 4 is 21.7 Å². The van der Waals surface area contributed by atoms with E-state index in [4.69, 9.17) is 5.26 Å². The number of nitriles is 1. The molecule has 0 N–H and O–H groups in total. The molecule has 0 heterocycles. The lowest BCUT2D eigenvalue weighted by atomic mass is 9.95. The Hall–Kier alpha value is -1.35. The summed E-state index contributed by atoms with van der Waals surface area (Å²) in [6.45, 7) is 1.63. The molecule has 6 heteroatoms. The average Bonchev–Trinajstić information content (AvgIpc) is 2.29. The second-order valence-corrected chi connectivity index (χ2v) is 4.50. The molecule has 96 valence electrons. The second-order valence-electron chi connectivity index (χ2n) is 3.65.